The molecule has 2 fully saturated rings. The molecule has 1 aromatic carbocycles. The van der Waals surface area contributed by atoms with Crippen LogP contribution >= 0.6 is 0 Å². The molecule has 1 N–H and O–H groups in total. The number of carbonyl (C=O) groups is 1. The van der Waals surface area contributed by atoms with Gasteiger partial charge in [0, 0.05) is 31.2 Å². The number of likely N-dealkylation sites (N-methyl/N-ethyl adjacent to an activating group) is 1. The van der Waals surface area contributed by atoms with Gasteiger partial charge in [0.15, 0.2) is 5.60 Å². The van der Waals surface area contributed by atoms with Gasteiger partial charge in [-0.1, -0.05) is 43.2 Å². The van der Waals surface area contributed by atoms with Crippen LogP contribution in [-0.4, -0.2) is 58.3 Å². The van der Waals surface area contributed by atoms with Crippen LogP contribution in [0.2, 0.25) is 0 Å². The predicted octanol–water partition coefficient (Wildman–Crippen LogP) is 3.25. The highest BCUT2D eigenvalue weighted by atomic mass is 16.6. The zero-order chi connectivity index (χ0) is 21.7. The third kappa shape index (κ3) is 4.65. The normalized spacial score (nSPS) is 25.9. The Labute approximate surface area is 184 Å². The van der Waals surface area contributed by atoms with Crippen molar-refractivity contribution in [2.24, 2.45) is 5.92 Å². The van der Waals surface area contributed by atoms with E-state index in [4.69, 9.17) is 4.74 Å². The number of aromatic nitrogens is 2. The van der Waals surface area contributed by atoms with Crippen LogP contribution in [0.5, 0.6) is 0 Å². The maximum absolute atomic E-state index is 13.3. The molecule has 6 heteroatoms. The second-order valence-corrected chi connectivity index (χ2v) is 9.35. The Bertz CT molecular complexity index is 857. The maximum Gasteiger partial charge on any atom is 0.343 e. The molecule has 4 rings (SSSR count). The number of aliphatic hydroxyl groups is 1. The topological polar surface area (TPSA) is 72.3 Å². The fourth-order valence-corrected chi connectivity index (χ4v) is 5.39. The molecule has 0 bridgehead atoms. The Morgan fingerprint density at radius 2 is 1.81 bits per heavy atom. The number of nitrogens with zero attached hydrogens (tertiary/aromatic N) is 3. The van der Waals surface area contributed by atoms with Gasteiger partial charge in [0.2, 0.25) is 0 Å². The van der Waals surface area contributed by atoms with Gasteiger partial charge in [0.1, 0.15) is 18.5 Å². The van der Waals surface area contributed by atoms with Crippen molar-refractivity contribution in [3.05, 3.63) is 60.2 Å². The SMILES string of the molecule is C[N+]1(CCc2ncccn2)CCC[C@@H]1COC(=O)C(O)(c1ccccc1)C1CCCC1. The average molecular weight is 425 g/mol. The summed E-state index contributed by atoms with van der Waals surface area (Å²) in [6.07, 6.45) is 10.3. The number of esters is 1. The van der Waals surface area contributed by atoms with Crippen LogP contribution in [0.3, 0.4) is 0 Å². The molecule has 0 spiro atoms. The highest BCUT2D eigenvalue weighted by Gasteiger charge is 2.48. The van der Waals surface area contributed by atoms with Gasteiger partial charge in [-0.05, 0) is 24.5 Å². The van der Waals surface area contributed by atoms with Gasteiger partial charge in [0.25, 0.3) is 0 Å². The standard InChI is InChI=1S/C25H34N3O3/c1-28(18-14-23-26-15-8-16-27-23)17-7-13-22(28)19-31-24(29)25(30,21-11-5-6-12-21)20-9-3-2-4-10-20/h2-4,8-10,15-16,21-22,30H,5-7,11-14,17-19H2,1H3/q+1/t22-,25?,28?/m1/s1. The van der Waals surface area contributed by atoms with Crippen molar-refractivity contribution in [1.82, 2.24) is 9.97 Å². The highest BCUT2D eigenvalue weighted by molar-refractivity contribution is 5.81. The van der Waals surface area contributed by atoms with E-state index in [1.807, 2.05) is 36.4 Å². The van der Waals surface area contributed by atoms with Crippen LogP contribution in [-0.2, 0) is 21.6 Å². The number of rotatable bonds is 8. The number of hydrogen-bond donors (Lipinski definition) is 1. The van der Waals surface area contributed by atoms with E-state index in [-0.39, 0.29) is 12.0 Å². The van der Waals surface area contributed by atoms with Gasteiger partial charge < -0.3 is 14.3 Å². The molecule has 0 radical (unpaired) electrons. The number of likely N-dealkylation sites (tertiary alicyclic amines) is 1. The van der Waals surface area contributed by atoms with Crippen molar-refractivity contribution >= 4 is 5.97 Å². The van der Waals surface area contributed by atoms with Crippen LogP contribution in [0.15, 0.2) is 48.8 Å². The molecule has 1 saturated carbocycles. The van der Waals surface area contributed by atoms with Crippen molar-refractivity contribution in [3.63, 3.8) is 0 Å². The fraction of sp³-hybridized carbons (Fsp3) is 0.560. The minimum absolute atomic E-state index is 0.0814. The van der Waals surface area contributed by atoms with Gasteiger partial charge in [-0.25, -0.2) is 14.8 Å². The Balaban J connectivity index is 1.43. The fourth-order valence-electron chi connectivity index (χ4n) is 5.39. The molecule has 31 heavy (non-hydrogen) atoms. The molecule has 1 aliphatic heterocycles. The number of quaternary nitrogens is 1. The molecule has 6 nitrogen and oxygen atoms in total. The summed E-state index contributed by atoms with van der Waals surface area (Å²) in [6.45, 7) is 2.31. The molecule has 2 aromatic rings. The Morgan fingerprint density at radius 3 is 2.52 bits per heavy atom. The van der Waals surface area contributed by atoms with E-state index in [0.717, 1.165) is 68.3 Å². The Kier molecular flexibility index (Phi) is 6.68. The monoisotopic (exact) mass is 424 g/mol. The first-order valence-corrected chi connectivity index (χ1v) is 11.6. The molecular weight excluding hydrogens is 390 g/mol. The van der Waals surface area contributed by atoms with Crippen molar-refractivity contribution in [2.75, 3.05) is 26.7 Å². The van der Waals surface area contributed by atoms with Crippen molar-refractivity contribution in [1.29, 1.82) is 0 Å². The van der Waals surface area contributed by atoms with Crippen LogP contribution in [0, 0.1) is 5.92 Å². The molecule has 2 unspecified atom stereocenters. The van der Waals surface area contributed by atoms with E-state index < -0.39 is 11.6 Å². The number of benzene rings is 1. The molecule has 1 saturated heterocycles. The lowest BCUT2D eigenvalue weighted by Crippen LogP contribution is -2.52. The number of hydrogen-bond acceptors (Lipinski definition) is 5. The minimum Gasteiger partial charge on any atom is -0.457 e. The first kappa shape index (κ1) is 21.9. The van der Waals surface area contributed by atoms with Crippen LogP contribution in [0.4, 0.5) is 0 Å². The summed E-state index contributed by atoms with van der Waals surface area (Å²) in [7, 11) is 2.23. The van der Waals surface area contributed by atoms with Crippen LogP contribution < -0.4 is 0 Å². The molecule has 166 valence electrons. The van der Waals surface area contributed by atoms with E-state index in [1.165, 1.54) is 0 Å². The van der Waals surface area contributed by atoms with E-state index in [0.29, 0.717) is 12.2 Å². The second-order valence-electron chi connectivity index (χ2n) is 9.35. The Hall–Kier alpha value is -2.31. The third-order valence-corrected chi connectivity index (χ3v) is 7.43. The molecular formula is C25H34N3O3+. The predicted molar refractivity (Wildman–Crippen MR) is 118 cm³/mol. The van der Waals surface area contributed by atoms with Gasteiger partial charge in [0.05, 0.1) is 26.6 Å². The minimum atomic E-state index is -1.56. The first-order valence-electron chi connectivity index (χ1n) is 11.6. The van der Waals surface area contributed by atoms with Gasteiger partial charge in [-0.2, -0.15) is 0 Å². The summed E-state index contributed by atoms with van der Waals surface area (Å²) in [4.78, 5) is 22.0. The average Bonchev–Trinajstić information content (AvgIpc) is 3.48. The van der Waals surface area contributed by atoms with Crippen molar-refractivity contribution < 1.29 is 19.1 Å². The smallest absolute Gasteiger partial charge is 0.343 e. The maximum atomic E-state index is 13.3. The lowest BCUT2D eigenvalue weighted by molar-refractivity contribution is -0.921. The summed E-state index contributed by atoms with van der Waals surface area (Å²) >= 11 is 0. The van der Waals surface area contributed by atoms with Gasteiger partial charge in [-0.15, -0.1) is 0 Å². The molecule has 2 aliphatic rings. The van der Waals surface area contributed by atoms with Crippen molar-refractivity contribution in [3.8, 4) is 0 Å². The van der Waals surface area contributed by atoms with Gasteiger partial charge >= 0.3 is 5.97 Å². The quantitative estimate of drug-likeness (QED) is 0.520. The number of carbonyl (C=O) groups excluding carboxylic acids is 1. The lowest BCUT2D eigenvalue weighted by Gasteiger charge is -2.37. The first-order chi connectivity index (χ1) is 15.0. The van der Waals surface area contributed by atoms with E-state index in [9.17, 15) is 9.90 Å². The van der Waals surface area contributed by atoms with Gasteiger partial charge in [-0.3, -0.25) is 0 Å². The summed E-state index contributed by atoms with van der Waals surface area (Å²) in [5, 5.41) is 11.6. The molecule has 2 heterocycles. The molecule has 3 atom stereocenters. The third-order valence-electron chi connectivity index (χ3n) is 7.43. The van der Waals surface area contributed by atoms with E-state index >= 15 is 0 Å². The summed E-state index contributed by atoms with van der Waals surface area (Å²) in [6, 6.07) is 11.4. The second kappa shape index (κ2) is 9.45. The summed E-state index contributed by atoms with van der Waals surface area (Å²) in [5.74, 6) is 0.279. The van der Waals surface area contributed by atoms with E-state index in [2.05, 4.69) is 17.0 Å². The molecule has 0 amide bonds. The Morgan fingerprint density at radius 1 is 1.10 bits per heavy atom. The van der Waals surface area contributed by atoms with Crippen molar-refractivity contribution in [2.45, 2.75) is 56.6 Å². The van der Waals surface area contributed by atoms with Crippen LogP contribution in [0.1, 0.15) is 49.9 Å². The summed E-state index contributed by atoms with van der Waals surface area (Å²) in [5.41, 5.74) is -0.908. The zero-order valence-electron chi connectivity index (χ0n) is 18.4. The number of ether oxygens (including phenoxy) is 1. The van der Waals surface area contributed by atoms with Crippen LogP contribution in [0.25, 0.3) is 0 Å². The largest absolute Gasteiger partial charge is 0.457 e. The summed E-state index contributed by atoms with van der Waals surface area (Å²) < 4.78 is 6.72. The highest BCUT2D eigenvalue weighted by Crippen LogP contribution is 2.41. The van der Waals surface area contributed by atoms with E-state index in [1.54, 1.807) is 12.4 Å². The molecule has 1 aliphatic carbocycles. The zero-order valence-corrected chi connectivity index (χ0v) is 18.4. The molecule has 1 aromatic heterocycles. The lowest BCUT2D eigenvalue weighted by atomic mass is 9.80.